The van der Waals surface area contributed by atoms with E-state index in [1.54, 1.807) is 6.26 Å². The number of piperidine rings is 1. The molecule has 192 valence electrons. The van der Waals surface area contributed by atoms with Gasteiger partial charge in [0.15, 0.2) is 5.58 Å². The zero-order valence-electron chi connectivity index (χ0n) is 21.7. The highest BCUT2D eigenvalue weighted by Crippen LogP contribution is 2.34. The van der Waals surface area contributed by atoms with E-state index in [0.717, 1.165) is 56.6 Å². The van der Waals surface area contributed by atoms with Crippen molar-refractivity contribution in [1.82, 2.24) is 19.7 Å². The number of aromatic nitrogens is 1. The second-order valence-electron chi connectivity index (χ2n) is 11.4. The highest BCUT2D eigenvalue weighted by atomic mass is 16.3. The quantitative estimate of drug-likeness (QED) is 0.616. The Labute approximate surface area is 209 Å². The van der Waals surface area contributed by atoms with Crippen LogP contribution < -0.4 is 5.32 Å². The molecule has 0 unspecified atom stereocenters. The van der Waals surface area contributed by atoms with Crippen molar-refractivity contribution in [3.63, 3.8) is 0 Å². The van der Waals surface area contributed by atoms with Gasteiger partial charge in [0.2, 0.25) is 5.91 Å². The molecule has 4 heterocycles. The average molecular weight is 483 g/mol. The minimum Gasteiger partial charge on any atom is -0.463 e. The lowest BCUT2D eigenvalue weighted by Gasteiger charge is -2.45. The largest absolute Gasteiger partial charge is 0.463 e. The van der Waals surface area contributed by atoms with Crippen LogP contribution in [0.1, 0.15) is 89.0 Å². The van der Waals surface area contributed by atoms with Crippen LogP contribution in [0.3, 0.4) is 0 Å². The van der Waals surface area contributed by atoms with Crippen LogP contribution in [0.5, 0.6) is 0 Å². The predicted octanol–water partition coefficient (Wildman–Crippen LogP) is 4.80. The van der Waals surface area contributed by atoms with Gasteiger partial charge >= 0.3 is 0 Å². The van der Waals surface area contributed by atoms with E-state index in [9.17, 15) is 9.59 Å². The van der Waals surface area contributed by atoms with Gasteiger partial charge in [-0.2, -0.15) is 0 Å². The van der Waals surface area contributed by atoms with E-state index < -0.39 is 5.54 Å². The molecule has 0 bridgehead atoms. The summed E-state index contributed by atoms with van der Waals surface area (Å²) in [5, 5.41) is 3.34. The zero-order chi connectivity index (χ0) is 24.6. The Balaban J connectivity index is 1.36. The van der Waals surface area contributed by atoms with Crippen molar-refractivity contribution in [3.8, 4) is 0 Å². The Morgan fingerprint density at radius 1 is 1.17 bits per heavy atom. The topological polar surface area (TPSA) is 70.7 Å². The monoisotopic (exact) mass is 482 g/mol. The van der Waals surface area contributed by atoms with Crippen molar-refractivity contribution in [3.05, 3.63) is 24.1 Å². The van der Waals surface area contributed by atoms with Crippen LogP contribution in [0, 0.1) is 5.92 Å². The van der Waals surface area contributed by atoms with Crippen LogP contribution in [0.15, 0.2) is 22.8 Å². The molecule has 0 aromatic carbocycles. The van der Waals surface area contributed by atoms with Gasteiger partial charge in [-0.15, -0.1) is 0 Å². The average Bonchev–Trinajstić information content (AvgIpc) is 3.45. The molecule has 0 spiro atoms. The van der Waals surface area contributed by atoms with Gasteiger partial charge in [0.25, 0.3) is 5.91 Å². The lowest BCUT2D eigenvalue weighted by atomic mass is 9.86. The summed E-state index contributed by atoms with van der Waals surface area (Å²) < 4.78 is 7.58. The first-order chi connectivity index (χ1) is 16.9. The van der Waals surface area contributed by atoms with Crippen molar-refractivity contribution in [2.45, 2.75) is 103 Å². The fraction of sp³-hybridized carbons (Fsp3) is 0.714. The van der Waals surface area contributed by atoms with E-state index in [0.29, 0.717) is 30.4 Å². The molecule has 7 nitrogen and oxygen atoms in total. The predicted molar refractivity (Wildman–Crippen MR) is 137 cm³/mol. The molecule has 1 saturated carbocycles. The molecule has 2 aromatic rings. The summed E-state index contributed by atoms with van der Waals surface area (Å²) in [7, 11) is 0. The summed E-state index contributed by atoms with van der Waals surface area (Å²) in [6, 6.07) is 4.58. The maximum atomic E-state index is 13.8. The number of hydrogen-bond donors (Lipinski definition) is 1. The fourth-order valence-corrected chi connectivity index (χ4v) is 6.62. The van der Waals surface area contributed by atoms with Gasteiger partial charge in [0.1, 0.15) is 11.2 Å². The van der Waals surface area contributed by atoms with Crippen molar-refractivity contribution in [2.75, 3.05) is 19.6 Å². The normalized spacial score (nSPS) is 30.0. The van der Waals surface area contributed by atoms with Crippen LogP contribution in [0.2, 0.25) is 0 Å². The highest BCUT2D eigenvalue weighted by Gasteiger charge is 2.48. The van der Waals surface area contributed by atoms with E-state index in [-0.39, 0.29) is 17.9 Å². The maximum absolute atomic E-state index is 13.8. The smallest absolute Gasteiger partial charge is 0.271 e. The van der Waals surface area contributed by atoms with E-state index in [2.05, 4.69) is 24.1 Å². The second-order valence-corrected chi connectivity index (χ2v) is 11.4. The lowest BCUT2D eigenvalue weighted by Crippen LogP contribution is -2.65. The Morgan fingerprint density at radius 2 is 1.97 bits per heavy atom. The SMILES string of the molecule is CC[C@@H]1CCCCN1CCCN1C(=O)c2cc3occc3n2C[C@]1(C)C(=O)NC1CCC(C)CC1. The number of carbonyl (C=O) groups excluding carboxylic acids is 2. The molecule has 2 amide bonds. The molecule has 2 aliphatic heterocycles. The van der Waals surface area contributed by atoms with Gasteiger partial charge in [-0.1, -0.05) is 20.3 Å². The Morgan fingerprint density at radius 3 is 2.74 bits per heavy atom. The van der Waals surface area contributed by atoms with Crippen LogP contribution in [0.4, 0.5) is 0 Å². The molecule has 1 N–H and O–H groups in total. The summed E-state index contributed by atoms with van der Waals surface area (Å²) in [6.07, 6.45) is 11.9. The minimum atomic E-state index is -0.928. The summed E-state index contributed by atoms with van der Waals surface area (Å²) in [4.78, 5) is 32.1. The molecule has 1 saturated heterocycles. The van der Waals surface area contributed by atoms with Crippen LogP contribution in [0.25, 0.3) is 11.1 Å². The first kappa shape index (κ1) is 24.4. The van der Waals surface area contributed by atoms with Crippen LogP contribution >= 0.6 is 0 Å². The number of fused-ring (bicyclic) bond motifs is 3. The number of amides is 2. The third-order valence-corrected chi connectivity index (χ3v) is 8.94. The number of carbonyl (C=O) groups is 2. The Bertz CT molecular complexity index is 1050. The number of nitrogens with zero attached hydrogens (tertiary/aromatic N) is 3. The molecule has 2 atom stereocenters. The van der Waals surface area contributed by atoms with Crippen molar-refractivity contribution >= 4 is 22.9 Å². The third-order valence-electron chi connectivity index (χ3n) is 8.94. The Hall–Kier alpha value is -2.28. The van der Waals surface area contributed by atoms with Gasteiger partial charge in [-0.05, 0) is 70.8 Å². The van der Waals surface area contributed by atoms with Crippen LogP contribution in [-0.4, -0.2) is 63.4 Å². The van der Waals surface area contributed by atoms with Crippen LogP contribution in [-0.2, 0) is 11.3 Å². The van der Waals surface area contributed by atoms with E-state index >= 15 is 0 Å². The Kier molecular flexibility index (Phi) is 6.97. The minimum absolute atomic E-state index is 0.0224. The first-order valence-electron chi connectivity index (χ1n) is 13.8. The molecule has 1 aliphatic carbocycles. The zero-order valence-corrected chi connectivity index (χ0v) is 21.7. The van der Waals surface area contributed by atoms with Crippen molar-refractivity contribution in [2.24, 2.45) is 5.92 Å². The van der Waals surface area contributed by atoms with Gasteiger partial charge in [0.05, 0.1) is 18.3 Å². The maximum Gasteiger partial charge on any atom is 0.271 e. The fourth-order valence-electron chi connectivity index (χ4n) is 6.62. The number of furan rings is 1. The van der Waals surface area contributed by atoms with E-state index in [4.69, 9.17) is 4.42 Å². The lowest BCUT2D eigenvalue weighted by molar-refractivity contribution is -0.133. The van der Waals surface area contributed by atoms with Gasteiger partial charge in [0, 0.05) is 37.3 Å². The third kappa shape index (κ3) is 4.64. The summed E-state index contributed by atoms with van der Waals surface area (Å²) in [5.74, 6) is 0.638. The van der Waals surface area contributed by atoms with E-state index in [1.165, 1.54) is 25.7 Å². The standard InChI is InChI=1S/C28H42N4O3/c1-4-22-8-5-6-14-30(22)15-7-16-32-26(33)24-18-25-23(13-17-35-25)31(24)19-28(32,3)27(34)29-21-11-9-20(2)10-12-21/h13,17-18,20-22H,4-12,14-16,19H2,1-3H3,(H,29,34)/t20?,21?,22-,28-/m1/s1. The number of hydrogen-bond acceptors (Lipinski definition) is 4. The molecule has 2 aromatic heterocycles. The van der Waals surface area contributed by atoms with Crippen molar-refractivity contribution in [1.29, 1.82) is 0 Å². The first-order valence-corrected chi connectivity index (χ1v) is 13.8. The highest BCUT2D eigenvalue weighted by molar-refractivity contribution is 6.02. The molecular weight excluding hydrogens is 440 g/mol. The van der Waals surface area contributed by atoms with Gasteiger partial charge in [-0.25, -0.2) is 0 Å². The molecule has 2 fully saturated rings. The molecular formula is C28H42N4O3. The molecule has 3 aliphatic rings. The number of nitrogens with one attached hydrogen (secondary N) is 1. The molecule has 35 heavy (non-hydrogen) atoms. The summed E-state index contributed by atoms with van der Waals surface area (Å²) >= 11 is 0. The van der Waals surface area contributed by atoms with Crippen molar-refractivity contribution < 1.29 is 14.0 Å². The number of likely N-dealkylation sites (tertiary alicyclic amines) is 1. The summed E-state index contributed by atoms with van der Waals surface area (Å²) in [6.45, 7) is 9.67. The summed E-state index contributed by atoms with van der Waals surface area (Å²) in [5.41, 5.74) is 1.29. The van der Waals surface area contributed by atoms with E-state index in [1.807, 2.05) is 28.5 Å². The number of rotatable bonds is 7. The molecule has 5 rings (SSSR count). The van der Waals surface area contributed by atoms with Gasteiger partial charge < -0.3 is 24.1 Å². The molecule has 0 radical (unpaired) electrons. The van der Waals surface area contributed by atoms with Gasteiger partial charge in [-0.3, -0.25) is 9.59 Å². The molecule has 7 heteroatoms. The second kappa shape index (κ2) is 10.00.